The molecule has 4 unspecified atom stereocenters. The predicted octanol–water partition coefficient (Wildman–Crippen LogP) is 4.10. The molecule has 0 aromatic rings. The Morgan fingerprint density at radius 1 is 1.31 bits per heavy atom. The van der Waals surface area contributed by atoms with Gasteiger partial charge in [-0.1, -0.05) is 70.7 Å². The standard InChI is InChI=1S/C22H27FI2O4/c1-11-8-15-14-5-4-12-9-13(26)6-7-19(12,2)21(14,23)16(27)10-20(15,3)22(11,29)17(28)18(24)25/h6-7,9,11,14-16,18,27,29H,4-5,8,10H2,1-3H3/t11-,14?,15?,16-,19?,20?,21-,22-/m0/s1. The molecular weight excluding hydrogens is 601 g/mol. The van der Waals surface area contributed by atoms with Crippen LogP contribution in [0.5, 0.6) is 0 Å². The number of carbonyl (C=O) groups excluding carboxylic acids is 2. The molecule has 0 radical (unpaired) electrons. The van der Waals surface area contributed by atoms with Gasteiger partial charge in [-0.15, -0.1) is 0 Å². The third-order valence-electron chi connectivity index (χ3n) is 8.80. The van der Waals surface area contributed by atoms with Crippen molar-refractivity contribution in [1.29, 1.82) is 0 Å². The molecule has 8 atom stereocenters. The molecule has 0 aromatic heterocycles. The maximum absolute atomic E-state index is 17.0. The Morgan fingerprint density at radius 2 is 1.97 bits per heavy atom. The molecule has 0 aliphatic heterocycles. The van der Waals surface area contributed by atoms with Crippen LogP contribution in [0.15, 0.2) is 23.8 Å². The largest absolute Gasteiger partial charge is 0.390 e. The number of aliphatic hydroxyl groups is 2. The van der Waals surface area contributed by atoms with Crippen LogP contribution in [0.4, 0.5) is 4.39 Å². The topological polar surface area (TPSA) is 74.6 Å². The Hall–Kier alpha value is 0.130. The zero-order valence-electron chi connectivity index (χ0n) is 16.8. The van der Waals surface area contributed by atoms with Gasteiger partial charge in [-0.2, -0.15) is 0 Å². The smallest absolute Gasteiger partial charge is 0.187 e. The SMILES string of the molecule is C[C@H]1CC2C3CCC4=CC(=O)C=CC4(C)[C@@]3(F)[C@@H](O)CC2(C)[C@@]1(O)C(=O)C(I)I. The van der Waals surface area contributed by atoms with Crippen LogP contribution in [0.3, 0.4) is 0 Å². The summed E-state index contributed by atoms with van der Waals surface area (Å²) < 4.78 is 16.6. The Morgan fingerprint density at radius 3 is 2.59 bits per heavy atom. The van der Waals surface area contributed by atoms with Gasteiger partial charge in [-0.25, -0.2) is 4.39 Å². The summed E-state index contributed by atoms with van der Waals surface area (Å²) in [5, 5.41) is 23.0. The molecule has 0 heterocycles. The minimum absolute atomic E-state index is 0.0297. The number of Topliss-reactive ketones (excluding diaryl/α,β-unsaturated/α-hetero) is 1. The van der Waals surface area contributed by atoms with E-state index in [4.69, 9.17) is 0 Å². The zero-order valence-corrected chi connectivity index (χ0v) is 21.1. The summed E-state index contributed by atoms with van der Waals surface area (Å²) in [6.07, 6.45) is 4.90. The maximum Gasteiger partial charge on any atom is 0.187 e. The highest BCUT2D eigenvalue weighted by atomic mass is 127. The lowest BCUT2D eigenvalue weighted by Crippen LogP contribution is -2.69. The van der Waals surface area contributed by atoms with E-state index in [1.165, 1.54) is 12.2 Å². The van der Waals surface area contributed by atoms with E-state index >= 15 is 4.39 Å². The number of alkyl halides is 3. The zero-order chi connectivity index (χ0) is 21.6. The molecule has 0 saturated heterocycles. The van der Waals surface area contributed by atoms with E-state index in [-0.39, 0.29) is 29.8 Å². The fourth-order valence-corrected chi connectivity index (χ4v) is 8.19. The summed E-state index contributed by atoms with van der Waals surface area (Å²) >= 11 is 4.03. The number of rotatable bonds is 2. The average Bonchev–Trinajstić information content (AvgIpc) is 2.84. The van der Waals surface area contributed by atoms with E-state index in [2.05, 4.69) is 0 Å². The predicted molar refractivity (Wildman–Crippen MR) is 125 cm³/mol. The van der Waals surface area contributed by atoms with Gasteiger partial charge in [0.25, 0.3) is 0 Å². The number of aliphatic hydroxyl groups excluding tert-OH is 1. The van der Waals surface area contributed by atoms with E-state index in [0.717, 1.165) is 5.57 Å². The van der Waals surface area contributed by atoms with Crippen molar-refractivity contribution in [2.24, 2.45) is 28.6 Å². The number of hydrogen-bond acceptors (Lipinski definition) is 4. The monoisotopic (exact) mass is 628 g/mol. The summed E-state index contributed by atoms with van der Waals surface area (Å²) in [6, 6.07) is 0. The second-order valence-electron chi connectivity index (χ2n) is 9.83. The minimum Gasteiger partial charge on any atom is -0.390 e. The van der Waals surface area contributed by atoms with Gasteiger partial charge >= 0.3 is 0 Å². The van der Waals surface area contributed by atoms with Gasteiger partial charge in [0.05, 0.1) is 6.10 Å². The Bertz CT molecular complexity index is 841. The highest BCUT2D eigenvalue weighted by Crippen LogP contribution is 2.70. The molecule has 2 N–H and O–H groups in total. The fraction of sp³-hybridized carbons (Fsp3) is 0.727. The highest BCUT2D eigenvalue weighted by molar-refractivity contribution is 14.2. The van der Waals surface area contributed by atoms with Crippen molar-refractivity contribution in [3.63, 3.8) is 0 Å². The molecule has 3 fully saturated rings. The summed E-state index contributed by atoms with van der Waals surface area (Å²) in [5.74, 6) is -1.38. The van der Waals surface area contributed by atoms with Crippen molar-refractivity contribution >= 4 is 56.7 Å². The van der Waals surface area contributed by atoms with Gasteiger partial charge < -0.3 is 10.2 Å². The number of ketones is 2. The van der Waals surface area contributed by atoms with Gasteiger partial charge in [-0.3, -0.25) is 9.59 Å². The second-order valence-corrected chi connectivity index (χ2v) is 14.7. The number of hydrogen-bond donors (Lipinski definition) is 2. The van der Waals surface area contributed by atoms with Crippen molar-refractivity contribution in [2.45, 2.75) is 65.8 Å². The molecular formula is C22H27FI2O4. The van der Waals surface area contributed by atoms with Crippen LogP contribution in [0.2, 0.25) is 0 Å². The molecule has 4 aliphatic carbocycles. The summed E-state index contributed by atoms with van der Waals surface area (Å²) in [4.78, 5) is 25.0. The summed E-state index contributed by atoms with van der Waals surface area (Å²) in [5.41, 5.74) is -4.71. The van der Waals surface area contributed by atoms with Crippen molar-refractivity contribution in [2.75, 3.05) is 0 Å². The van der Waals surface area contributed by atoms with E-state index in [1.807, 2.05) is 59.0 Å². The van der Waals surface area contributed by atoms with Crippen LogP contribution < -0.4 is 0 Å². The van der Waals surface area contributed by atoms with Gasteiger partial charge in [0.2, 0.25) is 0 Å². The molecule has 0 spiro atoms. The quantitative estimate of drug-likeness (QED) is 0.357. The Balaban J connectivity index is 1.83. The Labute approximate surface area is 198 Å². The fourth-order valence-electron chi connectivity index (χ4n) is 7.24. The van der Waals surface area contributed by atoms with Crippen LogP contribution in [0.1, 0.15) is 46.5 Å². The van der Waals surface area contributed by atoms with Crippen molar-refractivity contribution in [1.82, 2.24) is 0 Å². The molecule has 0 aromatic carbocycles. The first kappa shape index (κ1) is 22.3. The van der Waals surface area contributed by atoms with Crippen LogP contribution in [-0.2, 0) is 9.59 Å². The average molecular weight is 628 g/mol. The van der Waals surface area contributed by atoms with Gasteiger partial charge in [0.1, 0.15) is 7.53 Å². The van der Waals surface area contributed by atoms with Crippen LogP contribution in [0.25, 0.3) is 0 Å². The van der Waals surface area contributed by atoms with Crippen LogP contribution in [-0.4, -0.2) is 41.1 Å². The molecule has 160 valence electrons. The lowest BCUT2D eigenvalue weighted by atomic mass is 9.44. The van der Waals surface area contributed by atoms with E-state index in [1.54, 1.807) is 13.0 Å². The first-order valence-electron chi connectivity index (χ1n) is 10.2. The number of fused-ring (bicyclic) bond motifs is 5. The molecule has 0 bridgehead atoms. The van der Waals surface area contributed by atoms with Crippen molar-refractivity contribution in [3.05, 3.63) is 23.8 Å². The molecule has 4 aliphatic rings. The molecule has 4 nitrogen and oxygen atoms in total. The summed E-state index contributed by atoms with van der Waals surface area (Å²) in [7, 11) is 0. The summed E-state index contributed by atoms with van der Waals surface area (Å²) in [6.45, 7) is 5.52. The maximum atomic E-state index is 17.0. The van der Waals surface area contributed by atoms with E-state index in [0.29, 0.717) is 19.3 Å². The van der Waals surface area contributed by atoms with Gasteiger partial charge in [0, 0.05) is 16.7 Å². The van der Waals surface area contributed by atoms with Crippen molar-refractivity contribution in [3.8, 4) is 0 Å². The minimum atomic E-state index is -1.93. The number of halogens is 3. The molecule has 0 amide bonds. The lowest BCUT2D eigenvalue weighted by Gasteiger charge is -2.62. The van der Waals surface area contributed by atoms with E-state index in [9.17, 15) is 19.8 Å². The second kappa shape index (κ2) is 6.81. The molecule has 4 rings (SSSR count). The third-order valence-corrected chi connectivity index (χ3v) is 9.93. The number of carbonyl (C=O) groups is 2. The highest BCUT2D eigenvalue weighted by Gasteiger charge is 2.75. The molecule has 29 heavy (non-hydrogen) atoms. The number of allylic oxidation sites excluding steroid dienone is 4. The Kier molecular flexibility index (Phi) is 5.25. The van der Waals surface area contributed by atoms with Crippen LogP contribution in [0, 0.1) is 28.6 Å². The third kappa shape index (κ3) is 2.59. The van der Waals surface area contributed by atoms with Crippen LogP contribution >= 0.6 is 45.2 Å². The molecule has 3 saturated carbocycles. The molecule has 7 heteroatoms. The lowest BCUT2D eigenvalue weighted by molar-refractivity contribution is -0.218. The van der Waals surface area contributed by atoms with Gasteiger partial charge in [0.15, 0.2) is 17.2 Å². The van der Waals surface area contributed by atoms with Gasteiger partial charge in [-0.05, 0) is 56.6 Å². The first-order chi connectivity index (χ1) is 13.3. The van der Waals surface area contributed by atoms with E-state index < -0.39 is 36.1 Å². The first-order valence-corrected chi connectivity index (χ1v) is 12.7. The van der Waals surface area contributed by atoms with Crippen molar-refractivity contribution < 1.29 is 24.2 Å². The normalized spacial score (nSPS) is 51.3.